The van der Waals surface area contributed by atoms with Gasteiger partial charge in [-0.25, -0.2) is 5.01 Å². The molecule has 5 rings (SSSR count). The van der Waals surface area contributed by atoms with Crippen molar-refractivity contribution in [2.45, 2.75) is 11.1 Å². The number of hydrogen-bond donors (Lipinski definition) is 0. The molecule has 0 aliphatic carbocycles. The molecule has 0 N–H and O–H groups in total. The van der Waals surface area contributed by atoms with Crippen LogP contribution < -0.4 is 14.2 Å². The van der Waals surface area contributed by atoms with Crippen LogP contribution in [0.5, 0.6) is 5.75 Å². The summed E-state index contributed by atoms with van der Waals surface area (Å²) in [5, 5.41) is 1.97. The lowest BCUT2D eigenvalue weighted by Gasteiger charge is -2.34. The number of ether oxygens (including phenoxy) is 2. The summed E-state index contributed by atoms with van der Waals surface area (Å²) in [6.07, 6.45) is -0.309. The number of rotatable bonds is 8. The quantitative estimate of drug-likeness (QED) is 0.264. The summed E-state index contributed by atoms with van der Waals surface area (Å²) in [7, 11) is -2.59. The number of hydrazine groups is 1. The number of benzene rings is 4. The second-order valence-electron chi connectivity index (χ2n) is 8.18. The highest BCUT2D eigenvalue weighted by molar-refractivity contribution is 7.93. The fourth-order valence-corrected chi connectivity index (χ4v) is 6.10. The van der Waals surface area contributed by atoms with Crippen molar-refractivity contribution in [3.05, 3.63) is 108 Å². The van der Waals surface area contributed by atoms with Gasteiger partial charge >= 0.3 is 0 Å². The molecule has 188 valence electrons. The highest BCUT2D eigenvalue weighted by Gasteiger charge is 2.46. The first-order chi connectivity index (χ1) is 18.0. The fraction of sp³-hybridized carbons (Fsp3) is 0.107. The number of para-hydroxylation sites is 1. The zero-order valence-corrected chi connectivity index (χ0v) is 21.4. The molecule has 0 radical (unpaired) electrons. The molecule has 1 aliphatic heterocycles. The number of hydrogen-bond acceptors (Lipinski definition) is 6. The molecule has 1 heterocycles. The third kappa shape index (κ3) is 4.44. The van der Waals surface area contributed by atoms with Gasteiger partial charge in [0.1, 0.15) is 18.6 Å². The van der Waals surface area contributed by atoms with Crippen LogP contribution in [0.2, 0.25) is 5.02 Å². The van der Waals surface area contributed by atoms with Crippen LogP contribution in [0.15, 0.2) is 102 Å². The van der Waals surface area contributed by atoms with Crippen molar-refractivity contribution in [1.29, 1.82) is 0 Å². The normalized spacial score (nSPS) is 14.9. The summed E-state index contributed by atoms with van der Waals surface area (Å²) in [5.74, 6) is 0.545. The van der Waals surface area contributed by atoms with E-state index in [1.54, 1.807) is 48.5 Å². The second-order valence-corrected chi connectivity index (χ2v) is 10.4. The van der Waals surface area contributed by atoms with Crippen molar-refractivity contribution in [3.63, 3.8) is 0 Å². The minimum Gasteiger partial charge on any atom is -0.496 e. The molecule has 0 bridgehead atoms. The Morgan fingerprint density at radius 2 is 1.54 bits per heavy atom. The molecule has 0 saturated heterocycles. The van der Waals surface area contributed by atoms with E-state index in [2.05, 4.69) is 0 Å². The Morgan fingerprint density at radius 3 is 2.16 bits per heavy atom. The third-order valence-corrected chi connectivity index (χ3v) is 7.97. The minimum atomic E-state index is -4.15. The molecule has 0 fully saturated rings. The molecule has 37 heavy (non-hydrogen) atoms. The number of sulfonamides is 1. The van der Waals surface area contributed by atoms with E-state index in [1.165, 1.54) is 28.7 Å². The first-order valence-corrected chi connectivity index (χ1v) is 13.3. The number of fused-ring (bicyclic) bond motifs is 1. The molecular weight excluding hydrogens is 512 g/mol. The van der Waals surface area contributed by atoms with Crippen LogP contribution in [-0.2, 0) is 19.6 Å². The largest absolute Gasteiger partial charge is 0.496 e. The van der Waals surface area contributed by atoms with Crippen LogP contribution in [-0.4, -0.2) is 28.4 Å². The number of carbonyl (C=O) groups excluding carboxylic acids is 1. The van der Waals surface area contributed by atoms with Crippen LogP contribution in [0.3, 0.4) is 0 Å². The summed E-state index contributed by atoms with van der Waals surface area (Å²) in [6.45, 7) is -0.242. The van der Waals surface area contributed by atoms with E-state index in [-0.39, 0.29) is 11.5 Å². The average Bonchev–Trinajstić information content (AvgIpc) is 3.27. The number of methoxy groups -OCH3 is 1. The Bertz CT molecular complexity index is 1510. The van der Waals surface area contributed by atoms with Gasteiger partial charge < -0.3 is 14.3 Å². The topological polar surface area (TPSA) is 76.2 Å². The Morgan fingerprint density at radius 1 is 0.892 bits per heavy atom. The summed E-state index contributed by atoms with van der Waals surface area (Å²) in [6, 6.07) is 27.9. The molecule has 4 aromatic rings. The van der Waals surface area contributed by atoms with E-state index in [4.69, 9.17) is 21.1 Å². The van der Waals surface area contributed by atoms with Gasteiger partial charge in [0.05, 0.1) is 23.4 Å². The molecule has 0 amide bonds. The Balaban J connectivity index is 1.83. The maximum absolute atomic E-state index is 14.2. The SMILES string of the molecule is COc1ccc2c(c1-c1ccccc1)C(OCC=O)N(c1ccccc1)N2S(=O)(=O)c1ccc(Cl)cc1. The molecule has 4 aromatic carbocycles. The van der Waals surface area contributed by atoms with Gasteiger partial charge in [0.15, 0.2) is 6.23 Å². The fourth-order valence-electron chi connectivity index (χ4n) is 4.47. The molecule has 7 nitrogen and oxygen atoms in total. The summed E-state index contributed by atoms with van der Waals surface area (Å²) in [5.41, 5.74) is 2.99. The maximum atomic E-state index is 14.2. The predicted octanol–water partition coefficient (Wildman–Crippen LogP) is 5.86. The Labute approximate surface area is 220 Å². The van der Waals surface area contributed by atoms with E-state index >= 15 is 0 Å². The molecule has 9 heteroatoms. The zero-order valence-electron chi connectivity index (χ0n) is 19.8. The first-order valence-electron chi connectivity index (χ1n) is 11.4. The van der Waals surface area contributed by atoms with Crippen LogP contribution in [0.25, 0.3) is 11.1 Å². The van der Waals surface area contributed by atoms with Crippen molar-refractivity contribution < 1.29 is 22.7 Å². The van der Waals surface area contributed by atoms with Crippen molar-refractivity contribution in [2.24, 2.45) is 0 Å². The lowest BCUT2D eigenvalue weighted by molar-refractivity contribution is -0.113. The number of halogens is 1. The number of anilines is 2. The van der Waals surface area contributed by atoms with Gasteiger partial charge in [0, 0.05) is 16.1 Å². The highest BCUT2D eigenvalue weighted by atomic mass is 35.5. The van der Waals surface area contributed by atoms with Gasteiger partial charge in [0.25, 0.3) is 10.0 Å². The molecule has 1 atom stereocenters. The molecule has 0 saturated carbocycles. The molecular formula is C28H23ClN2O5S. The standard InChI is InChI=1S/C28H23ClN2O5S/c1-35-25-17-16-24-27(26(25)20-8-4-2-5-9-20)28(36-19-18-32)30(22-10-6-3-7-11-22)31(24)37(33,34)23-14-12-21(29)13-15-23/h2-18,28H,19H2,1H3. The van der Waals surface area contributed by atoms with Gasteiger partial charge in [-0.3, -0.25) is 0 Å². The smallest absolute Gasteiger partial charge is 0.282 e. The van der Waals surface area contributed by atoms with Gasteiger partial charge in [-0.1, -0.05) is 60.1 Å². The van der Waals surface area contributed by atoms with Crippen LogP contribution in [0.1, 0.15) is 11.8 Å². The zero-order chi connectivity index (χ0) is 26.0. The van der Waals surface area contributed by atoms with Crippen molar-refractivity contribution >= 4 is 39.3 Å². The van der Waals surface area contributed by atoms with Crippen molar-refractivity contribution in [2.75, 3.05) is 23.1 Å². The molecule has 0 aromatic heterocycles. The van der Waals surface area contributed by atoms with Crippen LogP contribution >= 0.6 is 11.6 Å². The van der Waals surface area contributed by atoms with Gasteiger partial charge in [0.2, 0.25) is 0 Å². The van der Waals surface area contributed by atoms with E-state index in [1.807, 2.05) is 36.4 Å². The summed E-state index contributed by atoms with van der Waals surface area (Å²) in [4.78, 5) is 11.5. The maximum Gasteiger partial charge on any atom is 0.282 e. The van der Waals surface area contributed by atoms with E-state index in [9.17, 15) is 13.2 Å². The van der Waals surface area contributed by atoms with Gasteiger partial charge in [-0.2, -0.15) is 12.8 Å². The Hall–Kier alpha value is -3.85. The molecule has 1 aliphatic rings. The number of carbonyl (C=O) groups is 1. The Kier molecular flexibility index (Phi) is 6.88. The van der Waals surface area contributed by atoms with E-state index in [0.29, 0.717) is 39.6 Å². The van der Waals surface area contributed by atoms with Crippen LogP contribution in [0.4, 0.5) is 11.4 Å². The van der Waals surface area contributed by atoms with E-state index in [0.717, 1.165) is 5.56 Å². The van der Waals surface area contributed by atoms with Crippen molar-refractivity contribution in [1.82, 2.24) is 0 Å². The number of aldehydes is 1. The number of nitrogens with zero attached hydrogens (tertiary/aromatic N) is 2. The molecule has 1 unspecified atom stereocenters. The monoisotopic (exact) mass is 534 g/mol. The van der Waals surface area contributed by atoms with Gasteiger partial charge in [-0.15, -0.1) is 0 Å². The summed E-state index contributed by atoms with van der Waals surface area (Å²) >= 11 is 6.04. The lowest BCUT2D eigenvalue weighted by atomic mass is 9.96. The highest BCUT2D eigenvalue weighted by Crippen LogP contribution is 2.52. The minimum absolute atomic E-state index is 0.0527. The average molecular weight is 535 g/mol. The molecule has 0 spiro atoms. The third-order valence-electron chi connectivity index (χ3n) is 6.02. The summed E-state index contributed by atoms with van der Waals surface area (Å²) < 4.78 is 41.4. The predicted molar refractivity (Wildman–Crippen MR) is 143 cm³/mol. The van der Waals surface area contributed by atoms with E-state index < -0.39 is 16.3 Å². The lowest BCUT2D eigenvalue weighted by Crippen LogP contribution is -2.45. The van der Waals surface area contributed by atoms with Gasteiger partial charge in [-0.05, 0) is 54.1 Å². The van der Waals surface area contributed by atoms with Crippen LogP contribution in [0, 0.1) is 0 Å². The van der Waals surface area contributed by atoms with Crippen molar-refractivity contribution in [3.8, 4) is 16.9 Å². The first kappa shape index (κ1) is 24.8. The second kappa shape index (κ2) is 10.3.